The van der Waals surface area contributed by atoms with E-state index in [0.29, 0.717) is 22.9 Å². The molecule has 0 aliphatic rings. The first kappa shape index (κ1) is 23.5. The number of methoxy groups -OCH3 is 1. The number of benzene rings is 2. The van der Waals surface area contributed by atoms with Crippen molar-refractivity contribution in [2.75, 3.05) is 13.7 Å². The maximum Gasteiger partial charge on any atom is 0.261 e. The lowest BCUT2D eigenvalue weighted by molar-refractivity contribution is -0.143. The Morgan fingerprint density at radius 2 is 1.80 bits per heavy atom. The smallest absolute Gasteiger partial charge is 0.261 e. The topological polar surface area (TPSA) is 67.9 Å². The third kappa shape index (κ3) is 6.95. The van der Waals surface area contributed by atoms with Crippen LogP contribution in [0.4, 0.5) is 0 Å². The van der Waals surface area contributed by atoms with E-state index in [2.05, 4.69) is 5.32 Å². The molecule has 30 heavy (non-hydrogen) atoms. The first-order chi connectivity index (χ1) is 14.3. The molecule has 1 N–H and O–H groups in total. The van der Waals surface area contributed by atoms with Gasteiger partial charge in [0.2, 0.25) is 5.91 Å². The molecule has 2 aromatic carbocycles. The number of rotatable bonds is 10. The van der Waals surface area contributed by atoms with Gasteiger partial charge in [-0.15, -0.1) is 0 Å². The van der Waals surface area contributed by atoms with Crippen molar-refractivity contribution in [1.82, 2.24) is 10.2 Å². The number of amides is 2. The van der Waals surface area contributed by atoms with Crippen LogP contribution < -0.4 is 14.8 Å². The maximum absolute atomic E-state index is 13.1. The fourth-order valence-electron chi connectivity index (χ4n) is 3.03. The number of hydrogen-bond donors (Lipinski definition) is 1. The quantitative estimate of drug-likeness (QED) is 0.614. The van der Waals surface area contributed by atoms with Crippen LogP contribution in [-0.4, -0.2) is 42.5 Å². The lowest BCUT2D eigenvalue weighted by atomic mass is 10.1. The Balaban J connectivity index is 2.22. The van der Waals surface area contributed by atoms with Crippen LogP contribution in [0, 0.1) is 0 Å². The molecule has 2 aromatic rings. The molecule has 0 saturated heterocycles. The number of carbonyl (C=O) groups is 2. The van der Waals surface area contributed by atoms with Crippen molar-refractivity contribution in [2.45, 2.75) is 45.8 Å². The Morgan fingerprint density at radius 1 is 1.10 bits per heavy atom. The fourth-order valence-corrected chi connectivity index (χ4v) is 3.15. The lowest BCUT2D eigenvalue weighted by Gasteiger charge is -2.31. The summed E-state index contributed by atoms with van der Waals surface area (Å²) in [5.74, 6) is 0.763. The molecule has 0 radical (unpaired) electrons. The summed E-state index contributed by atoms with van der Waals surface area (Å²) < 4.78 is 10.9. The predicted octanol–water partition coefficient (Wildman–Crippen LogP) is 4.06. The molecule has 0 aliphatic carbocycles. The Labute approximate surface area is 183 Å². The predicted molar refractivity (Wildman–Crippen MR) is 118 cm³/mol. The van der Waals surface area contributed by atoms with E-state index in [1.807, 2.05) is 45.0 Å². The minimum Gasteiger partial charge on any atom is -0.497 e. The zero-order valence-corrected chi connectivity index (χ0v) is 18.6. The second-order valence-electron chi connectivity index (χ2n) is 7.20. The molecule has 2 amide bonds. The summed E-state index contributed by atoms with van der Waals surface area (Å²) in [6, 6.07) is 13.6. The lowest BCUT2D eigenvalue weighted by Crippen LogP contribution is -2.51. The second kappa shape index (κ2) is 11.5. The number of nitrogens with zero attached hydrogens (tertiary/aromatic N) is 1. The van der Waals surface area contributed by atoms with Crippen LogP contribution in [0.2, 0.25) is 5.02 Å². The van der Waals surface area contributed by atoms with E-state index in [1.165, 1.54) is 0 Å². The van der Waals surface area contributed by atoms with E-state index in [1.54, 1.807) is 36.3 Å². The molecule has 2 rings (SSSR count). The number of nitrogens with one attached hydrogen (secondary N) is 1. The zero-order chi connectivity index (χ0) is 22.1. The molecule has 7 heteroatoms. The van der Waals surface area contributed by atoms with E-state index in [9.17, 15) is 9.59 Å². The van der Waals surface area contributed by atoms with Crippen LogP contribution >= 0.6 is 11.6 Å². The van der Waals surface area contributed by atoms with Crippen LogP contribution in [0.25, 0.3) is 0 Å². The van der Waals surface area contributed by atoms with Crippen LogP contribution in [0.15, 0.2) is 48.5 Å². The molecule has 0 aliphatic heterocycles. The van der Waals surface area contributed by atoms with Gasteiger partial charge in [0, 0.05) is 17.6 Å². The molecule has 0 heterocycles. The first-order valence-corrected chi connectivity index (χ1v) is 10.3. The maximum atomic E-state index is 13.1. The highest BCUT2D eigenvalue weighted by atomic mass is 35.5. The Hall–Kier alpha value is -2.73. The van der Waals surface area contributed by atoms with E-state index in [4.69, 9.17) is 21.1 Å². The summed E-state index contributed by atoms with van der Waals surface area (Å²) >= 11 is 5.89. The normalized spacial score (nSPS) is 11.7. The molecule has 6 nitrogen and oxygen atoms in total. The van der Waals surface area contributed by atoms with Gasteiger partial charge >= 0.3 is 0 Å². The summed E-state index contributed by atoms with van der Waals surface area (Å²) in [5, 5.41) is 3.49. The van der Waals surface area contributed by atoms with Gasteiger partial charge in [-0.1, -0.05) is 30.7 Å². The first-order valence-electron chi connectivity index (χ1n) is 9.95. The van der Waals surface area contributed by atoms with Crippen molar-refractivity contribution < 1.29 is 19.1 Å². The Bertz CT molecular complexity index is 839. The summed E-state index contributed by atoms with van der Waals surface area (Å²) in [4.78, 5) is 27.4. The third-order valence-electron chi connectivity index (χ3n) is 4.48. The van der Waals surface area contributed by atoms with Gasteiger partial charge in [0.15, 0.2) is 6.61 Å². The van der Waals surface area contributed by atoms with E-state index < -0.39 is 6.04 Å². The van der Waals surface area contributed by atoms with Crippen LogP contribution in [0.5, 0.6) is 11.5 Å². The molecule has 162 valence electrons. The summed E-state index contributed by atoms with van der Waals surface area (Å²) in [5.41, 5.74) is 0.866. The molecule has 1 atom stereocenters. The Morgan fingerprint density at radius 3 is 2.40 bits per heavy atom. The van der Waals surface area contributed by atoms with Gasteiger partial charge in [-0.05, 0) is 62.2 Å². The second-order valence-corrected chi connectivity index (χ2v) is 7.64. The largest absolute Gasteiger partial charge is 0.497 e. The Kier molecular flexibility index (Phi) is 8.99. The van der Waals surface area contributed by atoms with Gasteiger partial charge in [0.05, 0.1) is 7.11 Å². The minimum atomic E-state index is -0.611. The molecular weight excluding hydrogens is 404 g/mol. The molecule has 0 aromatic heterocycles. The van der Waals surface area contributed by atoms with Crippen molar-refractivity contribution in [3.63, 3.8) is 0 Å². The van der Waals surface area contributed by atoms with E-state index >= 15 is 0 Å². The molecular formula is C23H29ClN2O4. The van der Waals surface area contributed by atoms with Crippen molar-refractivity contribution in [3.8, 4) is 11.5 Å². The number of hydrogen-bond acceptors (Lipinski definition) is 4. The van der Waals surface area contributed by atoms with Crippen molar-refractivity contribution >= 4 is 23.4 Å². The molecule has 0 spiro atoms. The minimum absolute atomic E-state index is 0.0226. The monoisotopic (exact) mass is 432 g/mol. The van der Waals surface area contributed by atoms with Crippen LogP contribution in [0.3, 0.4) is 0 Å². The van der Waals surface area contributed by atoms with Gasteiger partial charge < -0.3 is 19.7 Å². The van der Waals surface area contributed by atoms with E-state index in [-0.39, 0.29) is 31.0 Å². The van der Waals surface area contributed by atoms with Crippen molar-refractivity contribution in [3.05, 3.63) is 59.1 Å². The average molecular weight is 433 g/mol. The fraction of sp³-hybridized carbons (Fsp3) is 0.391. The van der Waals surface area contributed by atoms with Crippen molar-refractivity contribution in [2.24, 2.45) is 0 Å². The molecule has 0 unspecified atom stereocenters. The molecule has 0 bridgehead atoms. The summed E-state index contributed by atoms with van der Waals surface area (Å²) in [6.07, 6.45) is 0.481. The number of ether oxygens (including phenoxy) is 2. The highest BCUT2D eigenvalue weighted by molar-refractivity contribution is 6.30. The third-order valence-corrected chi connectivity index (χ3v) is 4.73. The van der Waals surface area contributed by atoms with Crippen LogP contribution in [-0.2, 0) is 16.1 Å². The highest BCUT2D eigenvalue weighted by Gasteiger charge is 2.29. The summed E-state index contributed by atoms with van der Waals surface area (Å²) in [6.45, 7) is 5.75. The number of carbonyl (C=O) groups excluding carboxylic acids is 2. The number of halogens is 1. The zero-order valence-electron chi connectivity index (χ0n) is 17.9. The van der Waals surface area contributed by atoms with Crippen LogP contribution in [0.1, 0.15) is 32.8 Å². The van der Waals surface area contributed by atoms with Gasteiger partial charge in [-0.25, -0.2) is 0 Å². The standard InChI is InChI=1S/C23H29ClN2O4/c1-5-21(23(28)25-16(2)3)26(14-17-7-6-8-20(13-17)29-4)22(27)15-30-19-11-9-18(24)10-12-19/h6-13,16,21H,5,14-15H2,1-4H3,(H,25,28)/t21-/m0/s1. The average Bonchev–Trinajstić information content (AvgIpc) is 2.72. The van der Waals surface area contributed by atoms with Gasteiger partial charge in [-0.3, -0.25) is 9.59 Å². The van der Waals surface area contributed by atoms with E-state index in [0.717, 1.165) is 5.56 Å². The summed E-state index contributed by atoms with van der Waals surface area (Å²) in [7, 11) is 1.59. The van der Waals surface area contributed by atoms with Crippen molar-refractivity contribution in [1.29, 1.82) is 0 Å². The molecule has 0 fully saturated rings. The highest BCUT2D eigenvalue weighted by Crippen LogP contribution is 2.19. The van der Waals surface area contributed by atoms with Gasteiger partial charge in [-0.2, -0.15) is 0 Å². The SMILES string of the molecule is CC[C@@H](C(=O)NC(C)C)N(Cc1cccc(OC)c1)C(=O)COc1ccc(Cl)cc1. The molecule has 0 saturated carbocycles. The van der Waals surface area contributed by atoms with Gasteiger partial charge in [0.1, 0.15) is 17.5 Å². The van der Waals surface area contributed by atoms with Gasteiger partial charge in [0.25, 0.3) is 5.91 Å².